The van der Waals surface area contributed by atoms with Crippen LogP contribution in [0.3, 0.4) is 0 Å². The van der Waals surface area contributed by atoms with Crippen molar-refractivity contribution in [2.45, 2.75) is 0 Å². The van der Waals surface area contributed by atoms with Crippen LogP contribution < -0.4 is 19.5 Å². The lowest BCUT2D eigenvalue weighted by Gasteiger charge is -2.15. The Kier molecular flexibility index (Phi) is 6.58. The summed E-state index contributed by atoms with van der Waals surface area (Å²) in [7, 11) is 4.63. The van der Waals surface area contributed by atoms with E-state index in [1.54, 1.807) is 57.7 Å². The highest BCUT2D eigenvalue weighted by molar-refractivity contribution is 6.37. The molecule has 8 heteroatoms. The molecule has 0 fully saturated rings. The number of amides is 1. The Morgan fingerprint density at radius 3 is 2.21 bits per heavy atom. The standard InChI is InChI=1S/C25H20Cl2N2O4/c1-31-22-10-14(11-23(32-2)24(22)33-3)21-13-17(16-6-4-5-7-19(16)28-21)25(30)29-20-9-8-15(26)12-18(20)27/h4-13H,1-3H3,(H,29,30). The highest BCUT2D eigenvalue weighted by Crippen LogP contribution is 2.41. The Hall–Kier alpha value is -3.48. The molecule has 0 saturated carbocycles. The summed E-state index contributed by atoms with van der Waals surface area (Å²) in [5.41, 5.74) is 2.84. The number of nitrogens with one attached hydrogen (secondary N) is 1. The van der Waals surface area contributed by atoms with Crippen molar-refractivity contribution in [2.24, 2.45) is 0 Å². The number of benzene rings is 3. The van der Waals surface area contributed by atoms with E-state index >= 15 is 0 Å². The Balaban J connectivity index is 1.85. The second-order valence-corrected chi connectivity index (χ2v) is 7.91. The van der Waals surface area contributed by atoms with E-state index in [-0.39, 0.29) is 5.91 Å². The molecule has 1 N–H and O–H groups in total. The fourth-order valence-electron chi connectivity index (χ4n) is 3.52. The Bertz CT molecular complexity index is 1330. The van der Waals surface area contributed by atoms with Gasteiger partial charge in [-0.25, -0.2) is 4.98 Å². The van der Waals surface area contributed by atoms with Crippen LogP contribution >= 0.6 is 23.2 Å². The molecule has 6 nitrogen and oxygen atoms in total. The van der Waals surface area contributed by atoms with Gasteiger partial charge in [-0.15, -0.1) is 0 Å². The monoisotopic (exact) mass is 482 g/mol. The van der Waals surface area contributed by atoms with Gasteiger partial charge >= 0.3 is 0 Å². The van der Waals surface area contributed by atoms with E-state index in [0.29, 0.717) is 60.7 Å². The Labute approximate surface area is 201 Å². The number of methoxy groups -OCH3 is 3. The number of halogens is 2. The van der Waals surface area contributed by atoms with Gasteiger partial charge in [0, 0.05) is 16.0 Å². The van der Waals surface area contributed by atoms with E-state index in [1.165, 1.54) is 0 Å². The third kappa shape index (κ3) is 4.53. The molecule has 0 radical (unpaired) electrons. The van der Waals surface area contributed by atoms with Crippen LogP contribution in [0.1, 0.15) is 10.4 Å². The molecule has 4 aromatic rings. The molecule has 3 aromatic carbocycles. The minimum Gasteiger partial charge on any atom is -0.493 e. The molecular weight excluding hydrogens is 463 g/mol. The minimum absolute atomic E-state index is 0.327. The van der Waals surface area contributed by atoms with Gasteiger partial charge in [0.25, 0.3) is 5.91 Å². The van der Waals surface area contributed by atoms with Gasteiger partial charge in [-0.05, 0) is 42.5 Å². The molecule has 0 spiro atoms. The van der Waals surface area contributed by atoms with Crippen molar-refractivity contribution >= 4 is 45.7 Å². The van der Waals surface area contributed by atoms with Crippen molar-refractivity contribution in [1.82, 2.24) is 4.98 Å². The van der Waals surface area contributed by atoms with E-state index in [9.17, 15) is 4.79 Å². The molecule has 4 rings (SSSR count). The van der Waals surface area contributed by atoms with Crippen molar-refractivity contribution in [3.05, 3.63) is 76.3 Å². The smallest absolute Gasteiger partial charge is 0.256 e. The summed E-state index contributed by atoms with van der Waals surface area (Å²) in [6.07, 6.45) is 0. The van der Waals surface area contributed by atoms with Crippen LogP contribution in [0.2, 0.25) is 10.0 Å². The van der Waals surface area contributed by atoms with Crippen LogP contribution in [-0.4, -0.2) is 32.2 Å². The molecule has 1 aromatic heterocycles. The van der Waals surface area contributed by atoms with E-state index in [4.69, 9.17) is 42.4 Å². The van der Waals surface area contributed by atoms with Crippen LogP contribution in [0.4, 0.5) is 5.69 Å². The van der Waals surface area contributed by atoms with Crippen LogP contribution in [0.25, 0.3) is 22.2 Å². The SMILES string of the molecule is COc1cc(-c2cc(C(=O)Nc3ccc(Cl)cc3Cl)c3ccccc3n2)cc(OC)c1OC. The molecule has 0 saturated heterocycles. The minimum atomic E-state index is -0.327. The van der Waals surface area contributed by atoms with Gasteiger partial charge in [0.1, 0.15) is 0 Å². The summed E-state index contributed by atoms with van der Waals surface area (Å²) in [5, 5.41) is 4.40. The number of pyridine rings is 1. The van der Waals surface area contributed by atoms with Gasteiger partial charge in [0.05, 0.1) is 48.8 Å². The van der Waals surface area contributed by atoms with Crippen LogP contribution in [0.15, 0.2) is 60.7 Å². The van der Waals surface area contributed by atoms with Crippen molar-refractivity contribution in [3.8, 4) is 28.5 Å². The summed E-state index contributed by atoms with van der Waals surface area (Å²) in [6, 6.07) is 17.6. The average Bonchev–Trinajstić information content (AvgIpc) is 2.83. The number of ether oxygens (including phenoxy) is 3. The topological polar surface area (TPSA) is 69.7 Å². The number of rotatable bonds is 6. The lowest BCUT2D eigenvalue weighted by Crippen LogP contribution is -2.13. The first-order chi connectivity index (χ1) is 15.9. The van der Waals surface area contributed by atoms with Crippen LogP contribution in [0, 0.1) is 0 Å². The summed E-state index contributed by atoms with van der Waals surface area (Å²) in [5.74, 6) is 1.12. The first-order valence-electron chi connectivity index (χ1n) is 9.91. The van der Waals surface area contributed by atoms with Gasteiger partial charge in [0.2, 0.25) is 5.75 Å². The molecule has 0 aliphatic heterocycles. The number of para-hydroxylation sites is 1. The summed E-state index contributed by atoms with van der Waals surface area (Å²) >= 11 is 12.2. The number of anilines is 1. The van der Waals surface area contributed by atoms with Crippen LogP contribution in [0.5, 0.6) is 17.2 Å². The molecule has 1 amide bonds. The fraction of sp³-hybridized carbons (Fsp3) is 0.120. The molecule has 0 unspecified atom stereocenters. The Morgan fingerprint density at radius 2 is 1.58 bits per heavy atom. The van der Waals surface area contributed by atoms with E-state index in [1.807, 2.05) is 24.3 Å². The van der Waals surface area contributed by atoms with Crippen molar-refractivity contribution in [3.63, 3.8) is 0 Å². The quantitative estimate of drug-likeness (QED) is 0.340. The normalized spacial score (nSPS) is 10.7. The van der Waals surface area contributed by atoms with E-state index in [2.05, 4.69) is 5.32 Å². The molecule has 168 valence electrons. The largest absolute Gasteiger partial charge is 0.493 e. The maximum absolute atomic E-state index is 13.3. The first kappa shape index (κ1) is 22.7. The molecule has 0 atom stereocenters. The van der Waals surface area contributed by atoms with Gasteiger partial charge in [-0.3, -0.25) is 4.79 Å². The van der Waals surface area contributed by atoms with E-state index in [0.717, 1.165) is 0 Å². The average molecular weight is 483 g/mol. The van der Waals surface area contributed by atoms with Crippen LogP contribution in [-0.2, 0) is 0 Å². The number of hydrogen-bond donors (Lipinski definition) is 1. The molecule has 0 aliphatic carbocycles. The second-order valence-electron chi connectivity index (χ2n) is 7.06. The molecule has 1 heterocycles. The fourth-order valence-corrected chi connectivity index (χ4v) is 3.98. The molecule has 0 bridgehead atoms. The lowest BCUT2D eigenvalue weighted by atomic mass is 10.0. The first-order valence-corrected chi connectivity index (χ1v) is 10.7. The van der Waals surface area contributed by atoms with Crippen molar-refractivity contribution < 1.29 is 19.0 Å². The van der Waals surface area contributed by atoms with Gasteiger partial charge in [-0.1, -0.05) is 41.4 Å². The van der Waals surface area contributed by atoms with Gasteiger partial charge in [-0.2, -0.15) is 0 Å². The van der Waals surface area contributed by atoms with Gasteiger partial charge < -0.3 is 19.5 Å². The maximum Gasteiger partial charge on any atom is 0.256 e. The number of carbonyl (C=O) groups excluding carboxylic acids is 1. The number of hydrogen-bond acceptors (Lipinski definition) is 5. The predicted octanol–water partition coefficient (Wildman–Crippen LogP) is 6.49. The third-order valence-electron chi connectivity index (χ3n) is 5.10. The van der Waals surface area contributed by atoms with Gasteiger partial charge in [0.15, 0.2) is 11.5 Å². The molecular formula is C25H20Cl2N2O4. The number of fused-ring (bicyclic) bond motifs is 1. The van der Waals surface area contributed by atoms with E-state index < -0.39 is 0 Å². The molecule has 33 heavy (non-hydrogen) atoms. The number of carbonyl (C=O) groups is 1. The highest BCUT2D eigenvalue weighted by Gasteiger charge is 2.19. The zero-order valence-electron chi connectivity index (χ0n) is 18.1. The summed E-state index contributed by atoms with van der Waals surface area (Å²) in [4.78, 5) is 18.1. The molecule has 0 aliphatic rings. The number of aromatic nitrogens is 1. The summed E-state index contributed by atoms with van der Waals surface area (Å²) < 4.78 is 16.4. The predicted molar refractivity (Wildman–Crippen MR) is 131 cm³/mol. The highest BCUT2D eigenvalue weighted by atomic mass is 35.5. The maximum atomic E-state index is 13.3. The Morgan fingerprint density at radius 1 is 0.879 bits per heavy atom. The zero-order valence-corrected chi connectivity index (χ0v) is 19.6. The zero-order chi connectivity index (χ0) is 23.5. The van der Waals surface area contributed by atoms with Crippen molar-refractivity contribution in [1.29, 1.82) is 0 Å². The second kappa shape index (κ2) is 9.57. The summed E-state index contributed by atoms with van der Waals surface area (Å²) in [6.45, 7) is 0. The third-order valence-corrected chi connectivity index (χ3v) is 5.65. The van der Waals surface area contributed by atoms with Crippen molar-refractivity contribution in [2.75, 3.05) is 26.6 Å². The number of nitrogens with zero attached hydrogens (tertiary/aromatic N) is 1. The lowest BCUT2D eigenvalue weighted by molar-refractivity contribution is 0.102.